The van der Waals surface area contributed by atoms with Gasteiger partial charge in [-0.3, -0.25) is 4.79 Å². The van der Waals surface area contributed by atoms with Gasteiger partial charge in [0.15, 0.2) is 0 Å². The predicted molar refractivity (Wildman–Crippen MR) is 122 cm³/mol. The van der Waals surface area contributed by atoms with E-state index in [0.29, 0.717) is 30.1 Å². The minimum Gasteiger partial charge on any atom is -0.444 e. The van der Waals surface area contributed by atoms with Crippen molar-refractivity contribution in [1.82, 2.24) is 15.2 Å². The van der Waals surface area contributed by atoms with Crippen molar-refractivity contribution in [3.63, 3.8) is 0 Å². The highest BCUT2D eigenvalue weighted by atomic mass is 32.2. The summed E-state index contributed by atoms with van der Waals surface area (Å²) in [7, 11) is 0. The van der Waals surface area contributed by atoms with Crippen molar-refractivity contribution in [3.05, 3.63) is 54.2 Å². The largest absolute Gasteiger partial charge is 0.444 e. The fourth-order valence-electron chi connectivity index (χ4n) is 3.68. The van der Waals surface area contributed by atoms with Crippen LogP contribution in [0.3, 0.4) is 0 Å². The maximum atomic E-state index is 13.3. The number of ether oxygens (including phenoxy) is 1. The summed E-state index contributed by atoms with van der Waals surface area (Å²) >= 11 is 1.50. The van der Waals surface area contributed by atoms with Gasteiger partial charge < -0.3 is 15.0 Å². The third kappa shape index (κ3) is 6.47. The van der Waals surface area contributed by atoms with E-state index in [-0.39, 0.29) is 17.9 Å². The first-order chi connectivity index (χ1) is 14.8. The average Bonchev–Trinajstić information content (AvgIpc) is 2.73. The number of amides is 2. The maximum Gasteiger partial charge on any atom is 0.407 e. The predicted octanol–water partition coefficient (Wildman–Crippen LogP) is 5.00. The Balaban J connectivity index is 1.68. The Morgan fingerprint density at radius 1 is 1.19 bits per heavy atom. The summed E-state index contributed by atoms with van der Waals surface area (Å²) in [4.78, 5) is 33.0. The number of aromatic nitrogens is 1. The van der Waals surface area contributed by atoms with Gasteiger partial charge >= 0.3 is 6.09 Å². The Morgan fingerprint density at radius 2 is 1.94 bits per heavy atom. The van der Waals surface area contributed by atoms with Crippen molar-refractivity contribution in [2.75, 3.05) is 13.1 Å². The minimum absolute atomic E-state index is 0.00374. The van der Waals surface area contributed by atoms with Gasteiger partial charge in [-0.05, 0) is 63.8 Å². The zero-order valence-corrected chi connectivity index (χ0v) is 19.4. The van der Waals surface area contributed by atoms with Crippen LogP contribution in [0, 0.1) is 5.92 Å². The molecule has 0 bridgehead atoms. The zero-order valence-electron chi connectivity index (χ0n) is 18.6. The van der Waals surface area contributed by atoms with Crippen LogP contribution in [0.4, 0.5) is 4.79 Å². The molecular weight excluding hydrogens is 410 g/mol. The average molecular weight is 442 g/mol. The Bertz CT molecular complexity index is 898. The number of carbonyl (C=O) groups is 2. The summed E-state index contributed by atoms with van der Waals surface area (Å²) in [6, 6.07) is 13.6. The second-order valence-electron chi connectivity index (χ2n) is 8.73. The molecule has 6 nitrogen and oxygen atoms in total. The van der Waals surface area contributed by atoms with Gasteiger partial charge in [-0.1, -0.05) is 36.9 Å². The van der Waals surface area contributed by atoms with E-state index in [1.54, 1.807) is 12.3 Å². The Hall–Kier alpha value is -2.54. The van der Waals surface area contributed by atoms with Crippen LogP contribution in [-0.4, -0.2) is 46.6 Å². The summed E-state index contributed by atoms with van der Waals surface area (Å²) in [6.45, 7) is 8.82. The molecule has 166 valence electrons. The number of alkyl carbamates (subject to hydrolysis) is 1. The molecule has 31 heavy (non-hydrogen) atoms. The van der Waals surface area contributed by atoms with E-state index >= 15 is 0 Å². The molecule has 0 aliphatic carbocycles. The number of hydrogen-bond acceptors (Lipinski definition) is 5. The van der Waals surface area contributed by atoms with Crippen molar-refractivity contribution in [3.8, 4) is 0 Å². The van der Waals surface area contributed by atoms with Gasteiger partial charge in [-0.2, -0.15) is 0 Å². The lowest BCUT2D eigenvalue weighted by Crippen LogP contribution is -2.53. The highest BCUT2D eigenvalue weighted by molar-refractivity contribution is 7.99. The summed E-state index contributed by atoms with van der Waals surface area (Å²) < 4.78 is 5.41. The Kier molecular flexibility index (Phi) is 7.59. The highest BCUT2D eigenvalue weighted by Gasteiger charge is 2.33. The number of pyridine rings is 1. The van der Waals surface area contributed by atoms with E-state index in [9.17, 15) is 9.59 Å². The van der Waals surface area contributed by atoms with Gasteiger partial charge in [-0.25, -0.2) is 9.78 Å². The molecule has 7 heteroatoms. The van der Waals surface area contributed by atoms with Crippen molar-refractivity contribution in [2.24, 2.45) is 5.92 Å². The third-order valence-corrected chi connectivity index (χ3v) is 6.23. The molecule has 0 radical (unpaired) electrons. The molecule has 1 aromatic carbocycles. The fraction of sp³-hybridized carbons (Fsp3) is 0.458. The molecular formula is C24H31N3O3S. The smallest absolute Gasteiger partial charge is 0.407 e. The van der Waals surface area contributed by atoms with Crippen LogP contribution in [0.15, 0.2) is 58.6 Å². The first kappa shape index (κ1) is 23.1. The van der Waals surface area contributed by atoms with Crippen molar-refractivity contribution < 1.29 is 14.3 Å². The van der Waals surface area contributed by atoms with E-state index in [1.807, 2.05) is 62.1 Å². The van der Waals surface area contributed by atoms with E-state index in [1.165, 1.54) is 11.8 Å². The molecule has 2 heterocycles. The van der Waals surface area contributed by atoms with E-state index in [0.717, 1.165) is 11.3 Å². The molecule has 2 amide bonds. The third-order valence-electron chi connectivity index (χ3n) is 5.21. The molecule has 1 aliphatic heterocycles. The second kappa shape index (κ2) is 10.2. The number of nitrogens with one attached hydrogen (secondary N) is 1. The van der Waals surface area contributed by atoms with Crippen molar-refractivity contribution in [1.29, 1.82) is 0 Å². The van der Waals surface area contributed by atoms with E-state index in [4.69, 9.17) is 4.74 Å². The summed E-state index contributed by atoms with van der Waals surface area (Å²) in [6.07, 6.45) is 2.88. The number of benzene rings is 1. The monoisotopic (exact) mass is 441 g/mol. The van der Waals surface area contributed by atoms with Gasteiger partial charge in [0, 0.05) is 30.2 Å². The molecule has 2 atom stereocenters. The van der Waals surface area contributed by atoms with Crippen molar-refractivity contribution >= 4 is 23.8 Å². The lowest BCUT2D eigenvalue weighted by atomic mass is 9.89. The van der Waals surface area contributed by atoms with Crippen molar-refractivity contribution in [2.45, 2.75) is 62.1 Å². The van der Waals surface area contributed by atoms with Gasteiger partial charge in [0.2, 0.25) is 0 Å². The molecule has 1 aliphatic rings. The number of nitrogens with zero attached hydrogens (tertiary/aromatic N) is 2. The van der Waals surface area contributed by atoms with Crippen LogP contribution in [0.1, 0.15) is 50.9 Å². The number of likely N-dealkylation sites (tertiary alicyclic amines) is 1. The van der Waals surface area contributed by atoms with Crippen LogP contribution in [0.5, 0.6) is 0 Å². The number of rotatable bonds is 5. The van der Waals surface area contributed by atoms with Crippen LogP contribution in [-0.2, 0) is 4.74 Å². The zero-order chi connectivity index (χ0) is 22.4. The molecule has 1 fully saturated rings. The molecule has 3 rings (SSSR count). The molecule has 0 saturated carbocycles. The summed E-state index contributed by atoms with van der Waals surface area (Å²) in [5.74, 6) is 0.160. The lowest BCUT2D eigenvalue weighted by molar-refractivity contribution is 0.0417. The lowest BCUT2D eigenvalue weighted by Gasteiger charge is -2.39. The normalized spacial score (nSPS) is 19.0. The Morgan fingerprint density at radius 3 is 2.61 bits per heavy atom. The van der Waals surface area contributed by atoms with Crippen LogP contribution < -0.4 is 5.32 Å². The van der Waals surface area contributed by atoms with Gasteiger partial charge in [-0.15, -0.1) is 0 Å². The standard InChI is InChI=1S/C24H31N3O3S/c1-5-17-16-27(15-13-20(17)26-23(29)30-24(2,3)4)22(28)19-12-9-14-25-21(19)31-18-10-7-6-8-11-18/h6-12,14,17,20H,5,13,15-16H2,1-4H3,(H,26,29). The summed E-state index contributed by atoms with van der Waals surface area (Å²) in [5.41, 5.74) is 0.0834. The topological polar surface area (TPSA) is 71.5 Å². The quantitative estimate of drug-likeness (QED) is 0.707. The first-order valence-electron chi connectivity index (χ1n) is 10.7. The number of hydrogen-bond donors (Lipinski definition) is 1. The maximum absolute atomic E-state index is 13.3. The SMILES string of the molecule is CCC1CN(C(=O)c2cccnc2Sc2ccccc2)CCC1NC(=O)OC(C)(C)C. The number of carbonyl (C=O) groups excluding carboxylic acids is 2. The molecule has 1 aromatic heterocycles. The fourth-order valence-corrected chi connectivity index (χ4v) is 4.58. The summed E-state index contributed by atoms with van der Waals surface area (Å²) in [5, 5.41) is 3.71. The molecule has 2 unspecified atom stereocenters. The van der Waals surface area contributed by atoms with E-state index < -0.39 is 11.7 Å². The Labute approximate surface area is 188 Å². The molecule has 2 aromatic rings. The van der Waals surface area contributed by atoms with Crippen LogP contribution in [0.25, 0.3) is 0 Å². The van der Waals surface area contributed by atoms with E-state index in [2.05, 4.69) is 17.2 Å². The second-order valence-corrected chi connectivity index (χ2v) is 9.79. The first-order valence-corrected chi connectivity index (χ1v) is 11.5. The van der Waals surface area contributed by atoms with Gasteiger partial charge in [0.05, 0.1) is 5.56 Å². The van der Waals surface area contributed by atoms with Gasteiger partial charge in [0.1, 0.15) is 10.6 Å². The van der Waals surface area contributed by atoms with Crippen LogP contribution >= 0.6 is 11.8 Å². The highest BCUT2D eigenvalue weighted by Crippen LogP contribution is 2.30. The minimum atomic E-state index is -0.532. The molecule has 1 N–H and O–H groups in total. The van der Waals surface area contributed by atoms with Gasteiger partial charge in [0.25, 0.3) is 5.91 Å². The molecule has 1 saturated heterocycles. The van der Waals surface area contributed by atoms with Crippen LogP contribution in [0.2, 0.25) is 0 Å². The molecule has 0 spiro atoms. The number of piperidine rings is 1.